The summed E-state index contributed by atoms with van der Waals surface area (Å²) in [7, 11) is 0. The van der Waals surface area contributed by atoms with Crippen LogP contribution in [0.1, 0.15) is 4.88 Å². The Hall–Kier alpha value is -0.420. The van der Waals surface area contributed by atoms with Crippen LogP contribution in [0, 0.1) is 0 Å². The molecule has 0 bridgehead atoms. The summed E-state index contributed by atoms with van der Waals surface area (Å²) in [6.07, 6.45) is -0.336. The third-order valence-electron chi connectivity index (χ3n) is 2.29. The van der Waals surface area contributed by atoms with E-state index in [-0.39, 0.29) is 6.10 Å². The van der Waals surface area contributed by atoms with E-state index in [0.29, 0.717) is 6.61 Å². The lowest BCUT2D eigenvalue weighted by Gasteiger charge is -2.19. The predicted molar refractivity (Wildman–Crippen MR) is 56.4 cm³/mol. The van der Waals surface area contributed by atoms with Crippen molar-refractivity contribution in [3.63, 3.8) is 0 Å². The number of aliphatic hydroxyl groups is 1. The molecule has 1 fully saturated rings. The molecule has 1 atom stereocenters. The van der Waals surface area contributed by atoms with Gasteiger partial charge in [-0.1, -0.05) is 6.07 Å². The van der Waals surface area contributed by atoms with Gasteiger partial charge in [-0.05, 0) is 11.4 Å². The maximum Gasteiger partial charge on any atom is 0.0900 e. The van der Waals surface area contributed by atoms with E-state index in [1.54, 1.807) is 11.3 Å². The van der Waals surface area contributed by atoms with E-state index in [4.69, 9.17) is 4.74 Å². The fourth-order valence-corrected chi connectivity index (χ4v) is 2.37. The van der Waals surface area contributed by atoms with Gasteiger partial charge in [0.1, 0.15) is 0 Å². The highest BCUT2D eigenvalue weighted by Crippen LogP contribution is 2.13. The van der Waals surface area contributed by atoms with Crippen molar-refractivity contribution in [2.24, 2.45) is 0 Å². The third-order valence-corrected chi connectivity index (χ3v) is 3.15. The normalized spacial score (nSPS) is 24.8. The molecular formula is C10H15NO2S. The summed E-state index contributed by atoms with van der Waals surface area (Å²) >= 11 is 1.76. The number of ether oxygens (including phenoxy) is 1. The molecule has 78 valence electrons. The highest BCUT2D eigenvalue weighted by Gasteiger charge is 2.16. The molecule has 2 rings (SSSR count). The number of rotatable bonds is 2. The van der Waals surface area contributed by atoms with Crippen LogP contribution in [0.25, 0.3) is 0 Å². The molecule has 0 radical (unpaired) electrons. The quantitative estimate of drug-likeness (QED) is 0.793. The fourth-order valence-electron chi connectivity index (χ4n) is 1.62. The van der Waals surface area contributed by atoms with E-state index in [2.05, 4.69) is 22.4 Å². The Kier molecular flexibility index (Phi) is 3.53. The van der Waals surface area contributed by atoms with Crippen LogP contribution in [0.4, 0.5) is 0 Å². The van der Waals surface area contributed by atoms with E-state index >= 15 is 0 Å². The molecule has 0 aliphatic carbocycles. The van der Waals surface area contributed by atoms with E-state index < -0.39 is 0 Å². The van der Waals surface area contributed by atoms with Gasteiger partial charge in [-0.3, -0.25) is 4.90 Å². The molecule has 2 heterocycles. The average molecular weight is 213 g/mol. The highest BCUT2D eigenvalue weighted by atomic mass is 32.1. The van der Waals surface area contributed by atoms with Gasteiger partial charge in [-0.25, -0.2) is 0 Å². The zero-order valence-electron chi connectivity index (χ0n) is 8.06. The van der Waals surface area contributed by atoms with Gasteiger partial charge in [0, 0.05) is 24.5 Å². The molecule has 1 aromatic heterocycles. The van der Waals surface area contributed by atoms with Crippen LogP contribution in [0.2, 0.25) is 0 Å². The molecule has 3 nitrogen and oxygen atoms in total. The van der Waals surface area contributed by atoms with Gasteiger partial charge in [0.2, 0.25) is 0 Å². The Morgan fingerprint density at radius 1 is 1.64 bits per heavy atom. The van der Waals surface area contributed by atoms with Gasteiger partial charge in [0.05, 0.1) is 19.3 Å². The first-order chi connectivity index (χ1) is 6.84. The molecular weight excluding hydrogens is 198 g/mol. The zero-order chi connectivity index (χ0) is 9.80. The Morgan fingerprint density at radius 3 is 3.36 bits per heavy atom. The minimum atomic E-state index is -0.336. The zero-order valence-corrected chi connectivity index (χ0v) is 8.87. The smallest absolute Gasteiger partial charge is 0.0900 e. The summed E-state index contributed by atoms with van der Waals surface area (Å²) < 4.78 is 5.27. The second-order valence-electron chi connectivity index (χ2n) is 3.54. The third kappa shape index (κ3) is 2.78. The minimum absolute atomic E-state index is 0.336. The summed E-state index contributed by atoms with van der Waals surface area (Å²) in [4.78, 5) is 3.59. The fraction of sp³-hybridized carbons (Fsp3) is 0.600. The maximum atomic E-state index is 9.52. The van der Waals surface area contributed by atoms with Gasteiger partial charge in [0.15, 0.2) is 0 Å². The first-order valence-electron chi connectivity index (χ1n) is 4.85. The Bertz CT molecular complexity index is 263. The number of β-amino-alcohol motifs (C(OH)–C–C–N with tert-alkyl or cyclic N) is 1. The number of aliphatic hydroxyl groups excluding tert-OH is 1. The molecule has 1 N–H and O–H groups in total. The number of thiophene rings is 1. The van der Waals surface area contributed by atoms with Crippen molar-refractivity contribution in [2.75, 3.05) is 26.3 Å². The topological polar surface area (TPSA) is 32.7 Å². The largest absolute Gasteiger partial charge is 0.389 e. The summed E-state index contributed by atoms with van der Waals surface area (Å²) in [5.41, 5.74) is 0. The van der Waals surface area contributed by atoms with Crippen LogP contribution in [0.5, 0.6) is 0 Å². The lowest BCUT2D eigenvalue weighted by atomic mass is 10.3. The number of hydrogen-bond acceptors (Lipinski definition) is 4. The monoisotopic (exact) mass is 213 g/mol. The van der Waals surface area contributed by atoms with Crippen LogP contribution in [-0.4, -0.2) is 42.4 Å². The Morgan fingerprint density at radius 2 is 2.57 bits per heavy atom. The summed E-state index contributed by atoms with van der Waals surface area (Å²) in [5.74, 6) is 0. The molecule has 1 unspecified atom stereocenters. The molecule has 1 saturated heterocycles. The first kappa shape index (κ1) is 10.1. The number of nitrogens with zero attached hydrogens (tertiary/aromatic N) is 1. The molecule has 0 aromatic carbocycles. The van der Waals surface area contributed by atoms with Gasteiger partial charge in [0.25, 0.3) is 0 Å². The van der Waals surface area contributed by atoms with Crippen LogP contribution in [-0.2, 0) is 11.3 Å². The standard InChI is InChI=1S/C10H15NO2S/c12-9-6-11(3-4-13-8-9)7-10-2-1-5-14-10/h1-2,5,9,12H,3-4,6-8H2. The van der Waals surface area contributed by atoms with Crippen molar-refractivity contribution >= 4 is 11.3 Å². The molecule has 1 aliphatic heterocycles. The number of hydrogen-bond donors (Lipinski definition) is 1. The Labute approximate surface area is 87.9 Å². The van der Waals surface area contributed by atoms with Crippen molar-refractivity contribution in [3.8, 4) is 0 Å². The van der Waals surface area contributed by atoms with Crippen molar-refractivity contribution in [2.45, 2.75) is 12.6 Å². The van der Waals surface area contributed by atoms with Gasteiger partial charge in [-0.15, -0.1) is 11.3 Å². The molecule has 1 aromatic rings. The van der Waals surface area contributed by atoms with Crippen LogP contribution < -0.4 is 0 Å². The van der Waals surface area contributed by atoms with Crippen molar-refractivity contribution < 1.29 is 9.84 Å². The lowest BCUT2D eigenvalue weighted by Crippen LogP contribution is -2.31. The van der Waals surface area contributed by atoms with Crippen LogP contribution in [0.3, 0.4) is 0 Å². The minimum Gasteiger partial charge on any atom is -0.389 e. The first-order valence-corrected chi connectivity index (χ1v) is 5.73. The van der Waals surface area contributed by atoms with Crippen molar-refractivity contribution in [3.05, 3.63) is 22.4 Å². The summed E-state index contributed by atoms with van der Waals surface area (Å²) in [6, 6.07) is 4.19. The van der Waals surface area contributed by atoms with Crippen molar-refractivity contribution in [1.82, 2.24) is 4.90 Å². The Balaban J connectivity index is 1.90. The van der Waals surface area contributed by atoms with E-state index in [1.807, 2.05) is 0 Å². The van der Waals surface area contributed by atoms with Crippen LogP contribution >= 0.6 is 11.3 Å². The molecule has 0 spiro atoms. The van der Waals surface area contributed by atoms with Crippen molar-refractivity contribution in [1.29, 1.82) is 0 Å². The molecule has 1 aliphatic rings. The van der Waals surface area contributed by atoms with Gasteiger partial charge >= 0.3 is 0 Å². The SMILES string of the molecule is OC1COCCN(Cc2cccs2)C1. The van der Waals surface area contributed by atoms with Gasteiger partial charge in [-0.2, -0.15) is 0 Å². The predicted octanol–water partition coefficient (Wildman–Crippen LogP) is 0.941. The highest BCUT2D eigenvalue weighted by molar-refractivity contribution is 7.09. The lowest BCUT2D eigenvalue weighted by molar-refractivity contribution is 0.0562. The summed E-state index contributed by atoms with van der Waals surface area (Å²) in [5, 5.41) is 11.6. The second kappa shape index (κ2) is 4.89. The van der Waals surface area contributed by atoms with E-state index in [1.165, 1.54) is 4.88 Å². The summed E-state index contributed by atoms with van der Waals surface area (Å²) in [6.45, 7) is 3.76. The molecule has 0 saturated carbocycles. The van der Waals surface area contributed by atoms with E-state index in [0.717, 1.165) is 26.2 Å². The van der Waals surface area contributed by atoms with E-state index in [9.17, 15) is 5.11 Å². The molecule has 0 amide bonds. The molecule has 4 heteroatoms. The molecule has 14 heavy (non-hydrogen) atoms. The van der Waals surface area contributed by atoms with Crippen LogP contribution in [0.15, 0.2) is 17.5 Å². The second-order valence-corrected chi connectivity index (χ2v) is 4.58. The maximum absolute atomic E-state index is 9.52. The van der Waals surface area contributed by atoms with Gasteiger partial charge < -0.3 is 9.84 Å². The average Bonchev–Trinajstić information content (AvgIpc) is 2.56.